The zero-order chi connectivity index (χ0) is 18.7. The molecule has 2 saturated heterocycles. The monoisotopic (exact) mass is 373 g/mol. The van der Waals surface area contributed by atoms with Gasteiger partial charge in [-0.05, 0) is 37.1 Å². The van der Waals surface area contributed by atoms with E-state index < -0.39 is 0 Å². The maximum atomic E-state index is 5.39. The van der Waals surface area contributed by atoms with Gasteiger partial charge in [0.25, 0.3) is 0 Å². The number of nitrogens with zero attached hydrogens (tertiary/aromatic N) is 3. The molecule has 0 spiro atoms. The molecular formula is C21H35N5O. The number of likely N-dealkylation sites (tertiary alicyclic amines) is 1. The van der Waals surface area contributed by atoms with Gasteiger partial charge in [0.05, 0.1) is 13.2 Å². The Hall–Kier alpha value is -1.63. The molecule has 0 saturated carbocycles. The molecule has 0 aliphatic carbocycles. The summed E-state index contributed by atoms with van der Waals surface area (Å²) in [7, 11) is 1.83. The normalized spacial score (nSPS) is 19.8. The molecule has 6 heteroatoms. The molecule has 0 amide bonds. The third kappa shape index (κ3) is 7.13. The van der Waals surface area contributed by atoms with Crippen molar-refractivity contribution in [1.29, 1.82) is 0 Å². The predicted octanol–water partition coefficient (Wildman–Crippen LogP) is 1.67. The molecule has 150 valence electrons. The maximum absolute atomic E-state index is 5.39. The van der Waals surface area contributed by atoms with Crippen LogP contribution in [-0.2, 0) is 17.8 Å². The number of aliphatic imine (C=N–C) groups is 1. The molecule has 1 aromatic rings. The standard InChI is InChI=1S/C21H35N5O/c1-22-21(23-9-12-25-13-15-27-16-14-25)24-17-19-5-7-20(8-6-19)18-26-10-3-2-4-11-26/h5-8H,2-4,9-18H2,1H3,(H2,22,23,24). The van der Waals surface area contributed by atoms with Crippen LogP contribution in [0, 0.1) is 0 Å². The topological polar surface area (TPSA) is 52.1 Å². The molecular weight excluding hydrogens is 338 g/mol. The van der Waals surface area contributed by atoms with Gasteiger partial charge in [-0.25, -0.2) is 0 Å². The lowest BCUT2D eigenvalue weighted by Gasteiger charge is -2.26. The van der Waals surface area contributed by atoms with Crippen molar-refractivity contribution in [2.75, 3.05) is 59.5 Å². The van der Waals surface area contributed by atoms with Crippen molar-refractivity contribution in [2.24, 2.45) is 4.99 Å². The molecule has 2 fully saturated rings. The van der Waals surface area contributed by atoms with Crippen LogP contribution < -0.4 is 10.6 Å². The second kappa shape index (κ2) is 11.3. The van der Waals surface area contributed by atoms with Gasteiger partial charge in [0.2, 0.25) is 0 Å². The van der Waals surface area contributed by atoms with Crippen molar-refractivity contribution < 1.29 is 4.74 Å². The van der Waals surface area contributed by atoms with Gasteiger partial charge in [0, 0.05) is 46.3 Å². The van der Waals surface area contributed by atoms with Gasteiger partial charge in [-0.15, -0.1) is 0 Å². The van der Waals surface area contributed by atoms with Crippen LogP contribution in [0.15, 0.2) is 29.3 Å². The van der Waals surface area contributed by atoms with Crippen molar-refractivity contribution in [3.8, 4) is 0 Å². The molecule has 2 aliphatic rings. The second-order valence-electron chi connectivity index (χ2n) is 7.46. The van der Waals surface area contributed by atoms with Crippen molar-refractivity contribution in [3.63, 3.8) is 0 Å². The SMILES string of the molecule is CN=C(NCCN1CCOCC1)NCc1ccc(CN2CCCCC2)cc1. The first-order valence-corrected chi connectivity index (χ1v) is 10.4. The van der Waals surface area contributed by atoms with E-state index in [1.807, 2.05) is 7.05 Å². The molecule has 6 nitrogen and oxygen atoms in total. The molecule has 2 N–H and O–H groups in total. The number of nitrogens with one attached hydrogen (secondary N) is 2. The number of guanidine groups is 1. The Morgan fingerprint density at radius 1 is 0.926 bits per heavy atom. The number of hydrogen-bond donors (Lipinski definition) is 2. The number of piperidine rings is 1. The summed E-state index contributed by atoms with van der Waals surface area (Å²) in [6, 6.07) is 8.99. The Labute approximate surface area is 164 Å². The van der Waals surface area contributed by atoms with Crippen LogP contribution >= 0.6 is 0 Å². The van der Waals surface area contributed by atoms with E-state index in [9.17, 15) is 0 Å². The Morgan fingerprint density at radius 3 is 2.33 bits per heavy atom. The summed E-state index contributed by atoms with van der Waals surface area (Å²) in [5.41, 5.74) is 2.70. The van der Waals surface area contributed by atoms with Crippen LogP contribution in [0.5, 0.6) is 0 Å². The molecule has 27 heavy (non-hydrogen) atoms. The fourth-order valence-electron chi connectivity index (χ4n) is 3.70. The molecule has 0 unspecified atom stereocenters. The summed E-state index contributed by atoms with van der Waals surface area (Å²) in [6.45, 7) is 10.0. The van der Waals surface area contributed by atoms with Crippen LogP contribution in [0.25, 0.3) is 0 Å². The minimum Gasteiger partial charge on any atom is -0.379 e. The summed E-state index contributed by atoms with van der Waals surface area (Å²) in [5.74, 6) is 0.862. The lowest BCUT2D eigenvalue weighted by molar-refractivity contribution is 0.0389. The van der Waals surface area contributed by atoms with E-state index in [1.165, 1.54) is 43.5 Å². The highest BCUT2D eigenvalue weighted by atomic mass is 16.5. The average molecular weight is 374 g/mol. The highest BCUT2D eigenvalue weighted by Gasteiger charge is 2.11. The minimum atomic E-state index is 0.793. The maximum Gasteiger partial charge on any atom is 0.191 e. The summed E-state index contributed by atoms with van der Waals surface area (Å²) in [4.78, 5) is 9.31. The van der Waals surface area contributed by atoms with E-state index in [0.717, 1.165) is 58.4 Å². The average Bonchev–Trinajstić information content (AvgIpc) is 2.73. The van der Waals surface area contributed by atoms with Crippen molar-refractivity contribution in [3.05, 3.63) is 35.4 Å². The van der Waals surface area contributed by atoms with Gasteiger partial charge < -0.3 is 15.4 Å². The number of benzene rings is 1. The molecule has 2 aliphatic heterocycles. The van der Waals surface area contributed by atoms with Gasteiger partial charge >= 0.3 is 0 Å². The molecule has 0 aromatic heterocycles. The minimum absolute atomic E-state index is 0.793. The molecule has 1 aromatic carbocycles. The Kier molecular flexibility index (Phi) is 8.39. The Bertz CT molecular complexity index is 562. The smallest absolute Gasteiger partial charge is 0.191 e. The largest absolute Gasteiger partial charge is 0.379 e. The third-order valence-corrected chi connectivity index (χ3v) is 5.39. The van der Waals surface area contributed by atoms with E-state index in [4.69, 9.17) is 4.74 Å². The zero-order valence-corrected chi connectivity index (χ0v) is 16.8. The van der Waals surface area contributed by atoms with E-state index in [2.05, 4.69) is 49.7 Å². The quantitative estimate of drug-likeness (QED) is 0.562. The Morgan fingerprint density at radius 2 is 1.63 bits per heavy atom. The van der Waals surface area contributed by atoms with Crippen LogP contribution in [0.4, 0.5) is 0 Å². The van der Waals surface area contributed by atoms with E-state index in [0.29, 0.717) is 0 Å². The first-order valence-electron chi connectivity index (χ1n) is 10.4. The van der Waals surface area contributed by atoms with Gasteiger partial charge in [0.1, 0.15) is 0 Å². The lowest BCUT2D eigenvalue weighted by atomic mass is 10.1. The van der Waals surface area contributed by atoms with E-state index >= 15 is 0 Å². The Balaban J connectivity index is 1.36. The van der Waals surface area contributed by atoms with Gasteiger partial charge in [-0.3, -0.25) is 14.8 Å². The number of morpholine rings is 1. The fourth-order valence-corrected chi connectivity index (χ4v) is 3.70. The highest BCUT2D eigenvalue weighted by Crippen LogP contribution is 2.13. The number of ether oxygens (including phenoxy) is 1. The zero-order valence-electron chi connectivity index (χ0n) is 16.8. The van der Waals surface area contributed by atoms with Crippen molar-refractivity contribution in [2.45, 2.75) is 32.4 Å². The van der Waals surface area contributed by atoms with E-state index in [1.54, 1.807) is 0 Å². The third-order valence-electron chi connectivity index (χ3n) is 5.39. The predicted molar refractivity (Wildman–Crippen MR) is 111 cm³/mol. The first-order chi connectivity index (χ1) is 13.3. The van der Waals surface area contributed by atoms with Crippen LogP contribution in [-0.4, -0.2) is 75.3 Å². The number of rotatable bonds is 7. The fraction of sp³-hybridized carbons (Fsp3) is 0.667. The molecule has 0 bridgehead atoms. The molecule has 2 heterocycles. The van der Waals surface area contributed by atoms with Crippen LogP contribution in [0.1, 0.15) is 30.4 Å². The van der Waals surface area contributed by atoms with E-state index in [-0.39, 0.29) is 0 Å². The summed E-state index contributed by atoms with van der Waals surface area (Å²) < 4.78 is 5.39. The van der Waals surface area contributed by atoms with Crippen LogP contribution in [0.3, 0.4) is 0 Å². The summed E-state index contributed by atoms with van der Waals surface area (Å²) in [6.07, 6.45) is 4.09. The highest BCUT2D eigenvalue weighted by molar-refractivity contribution is 5.79. The second-order valence-corrected chi connectivity index (χ2v) is 7.46. The van der Waals surface area contributed by atoms with Gasteiger partial charge in [0.15, 0.2) is 5.96 Å². The van der Waals surface area contributed by atoms with Gasteiger partial charge in [-0.1, -0.05) is 30.7 Å². The summed E-state index contributed by atoms with van der Waals surface area (Å²) in [5, 5.41) is 6.81. The molecule has 0 radical (unpaired) electrons. The van der Waals surface area contributed by atoms with Gasteiger partial charge in [-0.2, -0.15) is 0 Å². The van der Waals surface area contributed by atoms with Crippen molar-refractivity contribution in [1.82, 2.24) is 20.4 Å². The summed E-state index contributed by atoms with van der Waals surface area (Å²) >= 11 is 0. The molecule has 0 atom stereocenters. The van der Waals surface area contributed by atoms with Crippen molar-refractivity contribution >= 4 is 5.96 Å². The van der Waals surface area contributed by atoms with Crippen LogP contribution in [0.2, 0.25) is 0 Å². The lowest BCUT2D eigenvalue weighted by Crippen LogP contribution is -2.44. The molecule has 3 rings (SSSR count). The first kappa shape index (κ1) is 20.1. The number of hydrogen-bond acceptors (Lipinski definition) is 4.